The van der Waals surface area contributed by atoms with E-state index in [2.05, 4.69) is 15.1 Å². The summed E-state index contributed by atoms with van der Waals surface area (Å²) >= 11 is 0. The van der Waals surface area contributed by atoms with Crippen molar-refractivity contribution >= 4 is 5.91 Å². The molecule has 1 saturated carbocycles. The van der Waals surface area contributed by atoms with E-state index >= 15 is 0 Å². The van der Waals surface area contributed by atoms with E-state index in [1.807, 2.05) is 9.47 Å². The Balaban J connectivity index is 1.48. The molecule has 0 radical (unpaired) electrons. The Morgan fingerprint density at radius 1 is 1.23 bits per heavy atom. The molecular weight excluding hydrogens is 282 g/mol. The van der Waals surface area contributed by atoms with Crippen LogP contribution in [-0.4, -0.2) is 68.9 Å². The molecule has 2 fully saturated rings. The second-order valence-electron chi connectivity index (χ2n) is 6.47. The fourth-order valence-corrected chi connectivity index (χ4v) is 3.97. The third-order valence-corrected chi connectivity index (χ3v) is 5.20. The SMILES string of the molecule is O=C(C1COCCN1C1CCCC1)N1CCn2cnnc2C1. The Bertz CT molecular complexity index is 540. The maximum Gasteiger partial charge on any atom is 0.242 e. The number of morpholine rings is 1. The van der Waals surface area contributed by atoms with Crippen LogP contribution in [0.5, 0.6) is 0 Å². The molecule has 3 heterocycles. The molecule has 0 N–H and O–H groups in total. The molecule has 4 rings (SSSR count). The number of rotatable bonds is 2. The van der Waals surface area contributed by atoms with E-state index in [-0.39, 0.29) is 11.9 Å². The van der Waals surface area contributed by atoms with Crippen molar-refractivity contribution in [2.75, 3.05) is 26.3 Å². The number of nitrogens with zero attached hydrogens (tertiary/aromatic N) is 5. The van der Waals surface area contributed by atoms with Gasteiger partial charge in [0.15, 0.2) is 5.82 Å². The summed E-state index contributed by atoms with van der Waals surface area (Å²) in [6, 6.07) is 0.442. The molecule has 1 saturated heterocycles. The molecule has 7 heteroatoms. The first-order valence-electron chi connectivity index (χ1n) is 8.32. The van der Waals surface area contributed by atoms with Crippen molar-refractivity contribution < 1.29 is 9.53 Å². The lowest BCUT2D eigenvalue weighted by molar-refractivity contribution is -0.146. The van der Waals surface area contributed by atoms with Gasteiger partial charge in [-0.2, -0.15) is 0 Å². The van der Waals surface area contributed by atoms with Crippen molar-refractivity contribution in [2.24, 2.45) is 0 Å². The van der Waals surface area contributed by atoms with Crippen molar-refractivity contribution in [3.05, 3.63) is 12.2 Å². The van der Waals surface area contributed by atoms with Gasteiger partial charge in [0.1, 0.15) is 12.4 Å². The molecule has 0 spiro atoms. The molecule has 1 aromatic rings. The van der Waals surface area contributed by atoms with Gasteiger partial charge in [-0.1, -0.05) is 12.8 Å². The number of ether oxygens (including phenoxy) is 1. The predicted octanol–water partition coefficient (Wildman–Crippen LogP) is 0.264. The topological polar surface area (TPSA) is 63.5 Å². The van der Waals surface area contributed by atoms with Crippen molar-refractivity contribution in [2.45, 2.75) is 50.9 Å². The molecule has 120 valence electrons. The zero-order valence-electron chi connectivity index (χ0n) is 12.9. The third-order valence-electron chi connectivity index (χ3n) is 5.20. The first kappa shape index (κ1) is 14.1. The molecule has 2 aliphatic heterocycles. The number of amides is 1. The Labute approximate surface area is 130 Å². The third kappa shape index (κ3) is 2.52. The summed E-state index contributed by atoms with van der Waals surface area (Å²) in [5, 5.41) is 8.03. The summed E-state index contributed by atoms with van der Waals surface area (Å²) in [7, 11) is 0. The first-order valence-corrected chi connectivity index (χ1v) is 8.32. The number of hydrogen-bond donors (Lipinski definition) is 0. The lowest BCUT2D eigenvalue weighted by atomic mass is 10.1. The van der Waals surface area contributed by atoms with Crippen molar-refractivity contribution in [3.63, 3.8) is 0 Å². The van der Waals surface area contributed by atoms with Crippen molar-refractivity contribution in [3.8, 4) is 0 Å². The van der Waals surface area contributed by atoms with Gasteiger partial charge in [-0.25, -0.2) is 0 Å². The van der Waals surface area contributed by atoms with E-state index in [1.165, 1.54) is 25.7 Å². The highest BCUT2D eigenvalue weighted by atomic mass is 16.5. The van der Waals surface area contributed by atoms with Crippen LogP contribution in [0.3, 0.4) is 0 Å². The second-order valence-corrected chi connectivity index (χ2v) is 6.47. The quantitative estimate of drug-likeness (QED) is 0.784. The van der Waals surface area contributed by atoms with Crippen molar-refractivity contribution in [1.82, 2.24) is 24.6 Å². The molecule has 3 aliphatic rings. The molecule has 1 unspecified atom stereocenters. The molecular formula is C15H23N5O2. The average Bonchev–Trinajstić information content (AvgIpc) is 3.24. The summed E-state index contributed by atoms with van der Waals surface area (Å²) < 4.78 is 7.64. The summed E-state index contributed by atoms with van der Waals surface area (Å²) in [4.78, 5) is 17.3. The minimum atomic E-state index is -0.119. The molecule has 1 atom stereocenters. The Morgan fingerprint density at radius 2 is 2.09 bits per heavy atom. The average molecular weight is 305 g/mol. The molecule has 1 amide bonds. The number of carbonyl (C=O) groups excluding carboxylic acids is 1. The van der Waals surface area contributed by atoms with Crippen LogP contribution in [-0.2, 0) is 22.6 Å². The molecule has 1 aliphatic carbocycles. The highest BCUT2D eigenvalue weighted by Crippen LogP contribution is 2.27. The normalized spacial score (nSPS) is 27.1. The van der Waals surface area contributed by atoms with E-state index in [9.17, 15) is 4.79 Å². The van der Waals surface area contributed by atoms with Crippen LogP contribution in [0.1, 0.15) is 31.5 Å². The Kier molecular flexibility index (Phi) is 3.83. The smallest absolute Gasteiger partial charge is 0.242 e. The number of hydrogen-bond acceptors (Lipinski definition) is 5. The second kappa shape index (κ2) is 5.96. The molecule has 1 aromatic heterocycles. The van der Waals surface area contributed by atoms with Crippen LogP contribution in [0.15, 0.2) is 6.33 Å². The van der Waals surface area contributed by atoms with E-state index in [4.69, 9.17) is 4.74 Å². The summed E-state index contributed by atoms with van der Waals surface area (Å²) in [5.74, 6) is 1.07. The van der Waals surface area contributed by atoms with Crippen LogP contribution in [0.25, 0.3) is 0 Å². The standard InChI is InChI=1S/C15H23N5O2/c21-15(18-5-6-19-11-16-17-14(19)9-18)13-10-22-8-7-20(13)12-3-1-2-4-12/h11-13H,1-10H2. The molecule has 0 aromatic carbocycles. The fraction of sp³-hybridized carbons (Fsp3) is 0.800. The van der Waals surface area contributed by atoms with Gasteiger partial charge in [-0.05, 0) is 12.8 Å². The van der Waals surface area contributed by atoms with Crippen molar-refractivity contribution in [1.29, 1.82) is 0 Å². The summed E-state index contributed by atoms with van der Waals surface area (Å²) in [6.45, 7) is 4.23. The van der Waals surface area contributed by atoms with Crippen LogP contribution in [0.4, 0.5) is 0 Å². The van der Waals surface area contributed by atoms with E-state index < -0.39 is 0 Å². The lowest BCUT2D eigenvalue weighted by Crippen LogP contribution is -2.58. The van der Waals surface area contributed by atoms with Gasteiger partial charge in [0, 0.05) is 25.7 Å². The maximum absolute atomic E-state index is 13.0. The fourth-order valence-electron chi connectivity index (χ4n) is 3.97. The van der Waals surface area contributed by atoms with E-state index in [0.717, 1.165) is 32.1 Å². The van der Waals surface area contributed by atoms with E-state index in [0.29, 0.717) is 19.2 Å². The molecule has 0 bridgehead atoms. The van der Waals surface area contributed by atoms with Gasteiger partial charge in [0.05, 0.1) is 19.8 Å². The van der Waals surface area contributed by atoms with E-state index in [1.54, 1.807) is 6.33 Å². The van der Waals surface area contributed by atoms with Crippen LogP contribution >= 0.6 is 0 Å². The van der Waals surface area contributed by atoms with Gasteiger partial charge in [0.25, 0.3) is 0 Å². The van der Waals surface area contributed by atoms with Gasteiger partial charge in [-0.15, -0.1) is 10.2 Å². The summed E-state index contributed by atoms with van der Waals surface area (Å²) in [5.41, 5.74) is 0. The van der Waals surface area contributed by atoms with Gasteiger partial charge < -0.3 is 14.2 Å². The zero-order chi connectivity index (χ0) is 14.9. The monoisotopic (exact) mass is 305 g/mol. The Morgan fingerprint density at radius 3 is 2.95 bits per heavy atom. The highest BCUT2D eigenvalue weighted by molar-refractivity contribution is 5.82. The van der Waals surface area contributed by atoms with Gasteiger partial charge >= 0.3 is 0 Å². The van der Waals surface area contributed by atoms with Crippen LogP contribution in [0, 0.1) is 0 Å². The highest BCUT2D eigenvalue weighted by Gasteiger charge is 2.38. The summed E-state index contributed by atoms with van der Waals surface area (Å²) in [6.07, 6.45) is 6.76. The number of fused-ring (bicyclic) bond motifs is 1. The van der Waals surface area contributed by atoms with Gasteiger partial charge in [0.2, 0.25) is 5.91 Å². The maximum atomic E-state index is 13.0. The Hall–Kier alpha value is -1.47. The minimum absolute atomic E-state index is 0.119. The lowest BCUT2D eigenvalue weighted by Gasteiger charge is -2.41. The molecule has 22 heavy (non-hydrogen) atoms. The van der Waals surface area contributed by atoms with Crippen LogP contribution < -0.4 is 0 Å². The zero-order valence-corrected chi connectivity index (χ0v) is 12.9. The number of aromatic nitrogens is 3. The predicted molar refractivity (Wildman–Crippen MR) is 79.0 cm³/mol. The van der Waals surface area contributed by atoms with Gasteiger partial charge in [-0.3, -0.25) is 9.69 Å². The number of carbonyl (C=O) groups is 1. The first-order chi connectivity index (χ1) is 10.8. The molecule has 7 nitrogen and oxygen atoms in total. The minimum Gasteiger partial charge on any atom is -0.378 e. The van der Waals surface area contributed by atoms with Crippen LogP contribution in [0.2, 0.25) is 0 Å². The largest absolute Gasteiger partial charge is 0.378 e.